The molecule has 1 aromatic carbocycles. The highest BCUT2D eigenvalue weighted by molar-refractivity contribution is 7.79. The van der Waals surface area contributed by atoms with Gasteiger partial charge < -0.3 is 19.5 Å². The molecule has 3 aliphatic heterocycles. The van der Waals surface area contributed by atoms with E-state index in [0.717, 1.165) is 17.0 Å². The van der Waals surface area contributed by atoms with Gasteiger partial charge in [-0.25, -0.2) is 9.37 Å². The number of pyridine rings is 1. The fourth-order valence-electron chi connectivity index (χ4n) is 4.62. The van der Waals surface area contributed by atoms with Crippen molar-refractivity contribution in [2.24, 2.45) is 0 Å². The zero-order valence-electron chi connectivity index (χ0n) is 18.3. The SMILES string of the molecule is CC1(C)OC(=C2C(=O)Nc3cc(F)ccc32)C=C1c1ccc(N2CCC(S(=O)[O-])CC2)nc1. The summed E-state index contributed by atoms with van der Waals surface area (Å²) in [5, 5.41) is 2.41. The van der Waals surface area contributed by atoms with Gasteiger partial charge in [0.15, 0.2) is 0 Å². The van der Waals surface area contributed by atoms with Gasteiger partial charge in [0.05, 0.1) is 11.3 Å². The number of halogens is 1. The monoisotopic (exact) mass is 468 g/mol. The molecular weight excluding hydrogens is 445 g/mol. The van der Waals surface area contributed by atoms with Crippen molar-refractivity contribution in [3.63, 3.8) is 0 Å². The number of rotatable bonds is 3. The van der Waals surface area contributed by atoms with Crippen LogP contribution in [-0.2, 0) is 20.6 Å². The highest BCUT2D eigenvalue weighted by Gasteiger charge is 2.38. The Hall–Kier alpha value is -3.04. The molecule has 0 spiro atoms. The number of carbonyl (C=O) groups excluding carboxylic acids is 1. The first-order chi connectivity index (χ1) is 15.7. The summed E-state index contributed by atoms with van der Waals surface area (Å²) in [6, 6.07) is 8.08. The molecule has 3 aliphatic rings. The molecule has 9 heteroatoms. The van der Waals surface area contributed by atoms with Crippen LogP contribution in [0.3, 0.4) is 0 Å². The molecular formula is C24H23FN3O4S-. The van der Waals surface area contributed by atoms with E-state index < -0.39 is 22.5 Å². The van der Waals surface area contributed by atoms with Crippen LogP contribution in [0.2, 0.25) is 0 Å². The first-order valence-corrected chi connectivity index (χ1v) is 11.9. The van der Waals surface area contributed by atoms with Gasteiger partial charge in [0, 0.05) is 41.2 Å². The highest BCUT2D eigenvalue weighted by Crippen LogP contribution is 2.44. The Balaban J connectivity index is 1.43. The minimum absolute atomic E-state index is 0.289. The molecule has 0 aliphatic carbocycles. The van der Waals surface area contributed by atoms with Crippen LogP contribution in [-0.4, -0.2) is 43.6 Å². The van der Waals surface area contributed by atoms with Gasteiger partial charge in [0.2, 0.25) is 0 Å². The number of nitrogens with zero attached hydrogens (tertiary/aromatic N) is 2. The molecule has 5 rings (SSSR count). The molecule has 0 saturated carbocycles. The molecule has 0 bridgehead atoms. The Morgan fingerprint density at radius 1 is 1.24 bits per heavy atom. The number of anilines is 2. The van der Waals surface area contributed by atoms with Gasteiger partial charge in [-0.15, -0.1) is 0 Å². The van der Waals surface area contributed by atoms with E-state index >= 15 is 0 Å². The summed E-state index contributed by atoms with van der Waals surface area (Å²) >= 11 is -2.03. The number of aromatic nitrogens is 1. The van der Waals surface area contributed by atoms with Crippen molar-refractivity contribution < 1.29 is 22.7 Å². The molecule has 7 nitrogen and oxygen atoms in total. The van der Waals surface area contributed by atoms with Gasteiger partial charge in [-0.05, 0) is 63.1 Å². The van der Waals surface area contributed by atoms with E-state index in [0.29, 0.717) is 48.5 Å². The maximum absolute atomic E-state index is 13.6. The Bertz CT molecular complexity index is 1210. The summed E-state index contributed by atoms with van der Waals surface area (Å²) in [4.78, 5) is 19.3. The second kappa shape index (κ2) is 8.07. The minimum atomic E-state index is -2.03. The van der Waals surface area contributed by atoms with E-state index in [1.54, 1.807) is 12.3 Å². The van der Waals surface area contributed by atoms with Crippen LogP contribution in [0.15, 0.2) is 48.4 Å². The zero-order chi connectivity index (χ0) is 23.3. The topological polar surface area (TPSA) is 94.6 Å². The standard InChI is InChI=1S/C24H24FN3O4S/c1-24(2)18(12-20(32-24)22-17-5-4-15(25)11-19(17)27-23(22)29)14-3-6-21(26-13-14)28-9-7-16(8-10-28)33(30)31/h3-6,11-13,16H,7-10H2,1-2H3,(H,27,29)(H,30,31)/p-1. The lowest BCUT2D eigenvalue weighted by molar-refractivity contribution is -0.111. The van der Waals surface area contributed by atoms with E-state index in [1.165, 1.54) is 12.1 Å². The first kappa shape index (κ1) is 21.8. The maximum atomic E-state index is 13.6. The first-order valence-electron chi connectivity index (χ1n) is 10.8. The molecule has 1 unspecified atom stereocenters. The van der Waals surface area contributed by atoms with Gasteiger partial charge in [-0.3, -0.25) is 9.00 Å². The number of fused-ring (bicyclic) bond motifs is 1. The average Bonchev–Trinajstić information content (AvgIpc) is 3.27. The minimum Gasteiger partial charge on any atom is -0.772 e. The predicted octanol–water partition coefficient (Wildman–Crippen LogP) is 3.62. The Morgan fingerprint density at radius 2 is 2.00 bits per heavy atom. The Labute approximate surface area is 193 Å². The van der Waals surface area contributed by atoms with Crippen LogP contribution in [0.1, 0.15) is 37.8 Å². The lowest BCUT2D eigenvalue weighted by Gasteiger charge is -2.33. The van der Waals surface area contributed by atoms with Crippen molar-refractivity contribution in [1.29, 1.82) is 0 Å². The lowest BCUT2D eigenvalue weighted by Crippen LogP contribution is -2.38. The molecule has 33 heavy (non-hydrogen) atoms. The fourth-order valence-corrected chi connectivity index (χ4v) is 5.21. The fraction of sp³-hybridized carbons (Fsp3) is 0.333. The third kappa shape index (κ3) is 3.95. The number of nitrogens with one attached hydrogen (secondary N) is 1. The predicted molar refractivity (Wildman–Crippen MR) is 123 cm³/mol. The third-order valence-corrected chi connectivity index (χ3v) is 7.37. The summed E-state index contributed by atoms with van der Waals surface area (Å²) in [5.41, 5.74) is 2.49. The molecule has 1 saturated heterocycles. The van der Waals surface area contributed by atoms with Crippen molar-refractivity contribution in [2.75, 3.05) is 23.3 Å². The summed E-state index contributed by atoms with van der Waals surface area (Å²) in [7, 11) is 0. The average molecular weight is 469 g/mol. The second-order valence-corrected chi connectivity index (χ2v) is 10.1. The number of amides is 1. The van der Waals surface area contributed by atoms with Crippen LogP contribution in [0.5, 0.6) is 0 Å². The van der Waals surface area contributed by atoms with Gasteiger partial charge in [0.1, 0.15) is 23.0 Å². The van der Waals surface area contributed by atoms with E-state index in [4.69, 9.17) is 4.74 Å². The maximum Gasteiger partial charge on any atom is 0.260 e. The number of benzene rings is 1. The molecule has 0 radical (unpaired) electrons. The summed E-state index contributed by atoms with van der Waals surface area (Å²) < 4.78 is 42.1. The summed E-state index contributed by atoms with van der Waals surface area (Å²) in [5.74, 6) is 0.501. The third-order valence-electron chi connectivity index (χ3n) is 6.36. The van der Waals surface area contributed by atoms with Crippen LogP contribution in [0, 0.1) is 5.82 Å². The number of allylic oxidation sites excluding steroid dienone is 1. The van der Waals surface area contributed by atoms with Crippen LogP contribution >= 0.6 is 0 Å². The van der Waals surface area contributed by atoms with E-state index in [2.05, 4.69) is 15.2 Å². The molecule has 2 aromatic rings. The number of ether oxygens (including phenoxy) is 1. The number of carbonyl (C=O) groups is 1. The summed E-state index contributed by atoms with van der Waals surface area (Å²) in [6.07, 6.45) is 4.81. The van der Waals surface area contributed by atoms with E-state index in [9.17, 15) is 17.9 Å². The van der Waals surface area contributed by atoms with Crippen molar-refractivity contribution in [2.45, 2.75) is 37.5 Å². The smallest absolute Gasteiger partial charge is 0.260 e. The van der Waals surface area contributed by atoms with Crippen LogP contribution < -0.4 is 10.2 Å². The van der Waals surface area contributed by atoms with Crippen LogP contribution in [0.4, 0.5) is 15.9 Å². The molecule has 172 valence electrons. The molecule has 1 aromatic heterocycles. The number of hydrogen-bond donors (Lipinski definition) is 1. The van der Waals surface area contributed by atoms with E-state index in [1.807, 2.05) is 32.1 Å². The van der Waals surface area contributed by atoms with Crippen molar-refractivity contribution in [3.8, 4) is 0 Å². The molecule has 4 heterocycles. The number of piperidine rings is 1. The highest BCUT2D eigenvalue weighted by atomic mass is 32.2. The molecule has 1 amide bonds. The van der Waals surface area contributed by atoms with Gasteiger partial charge >= 0.3 is 0 Å². The van der Waals surface area contributed by atoms with Gasteiger partial charge in [-0.2, -0.15) is 0 Å². The van der Waals surface area contributed by atoms with Gasteiger partial charge in [-0.1, -0.05) is 11.1 Å². The van der Waals surface area contributed by atoms with Crippen molar-refractivity contribution in [3.05, 3.63) is 65.3 Å². The van der Waals surface area contributed by atoms with E-state index in [-0.39, 0.29) is 11.2 Å². The van der Waals surface area contributed by atoms with Crippen molar-refractivity contribution in [1.82, 2.24) is 4.98 Å². The molecule has 1 atom stereocenters. The molecule has 1 N–H and O–H groups in total. The quantitative estimate of drug-likeness (QED) is 0.546. The lowest BCUT2D eigenvalue weighted by atomic mass is 9.93. The Morgan fingerprint density at radius 3 is 2.67 bits per heavy atom. The normalized spacial score (nSPS) is 23.1. The largest absolute Gasteiger partial charge is 0.772 e. The van der Waals surface area contributed by atoms with Gasteiger partial charge in [0.25, 0.3) is 5.91 Å². The number of hydrogen-bond acceptors (Lipinski definition) is 6. The Kier molecular flexibility index (Phi) is 5.33. The summed E-state index contributed by atoms with van der Waals surface area (Å²) in [6.45, 7) is 5.14. The van der Waals surface area contributed by atoms with Crippen LogP contribution in [0.25, 0.3) is 11.1 Å². The second-order valence-electron chi connectivity index (χ2n) is 8.91. The zero-order valence-corrected chi connectivity index (χ0v) is 19.1. The van der Waals surface area contributed by atoms with Crippen molar-refractivity contribution >= 4 is 39.6 Å². The molecule has 1 fully saturated rings.